The second-order valence-electron chi connectivity index (χ2n) is 5.49. The first-order valence-corrected chi connectivity index (χ1v) is 8.15. The van der Waals surface area contributed by atoms with E-state index in [1.165, 1.54) is 19.3 Å². The van der Waals surface area contributed by atoms with Crippen molar-refractivity contribution in [3.8, 4) is 0 Å². The fourth-order valence-corrected chi connectivity index (χ4v) is 3.04. The molecule has 1 aliphatic heterocycles. The molecular formula is C16H20ClN3O. The van der Waals surface area contributed by atoms with Gasteiger partial charge in [-0.1, -0.05) is 18.2 Å². The lowest BCUT2D eigenvalue weighted by atomic mass is 10.1. The smallest absolute Gasteiger partial charge is 0.274 e. The van der Waals surface area contributed by atoms with Gasteiger partial charge in [0.2, 0.25) is 0 Å². The van der Waals surface area contributed by atoms with Gasteiger partial charge in [-0.05, 0) is 31.7 Å². The fourth-order valence-electron chi connectivity index (χ4n) is 2.92. The molecule has 0 spiro atoms. The van der Waals surface area contributed by atoms with Crippen LogP contribution < -0.4 is 10.5 Å². The predicted molar refractivity (Wildman–Crippen MR) is 87.4 cm³/mol. The van der Waals surface area contributed by atoms with Gasteiger partial charge in [0.15, 0.2) is 5.82 Å². The number of hydrogen-bond donors (Lipinski definition) is 0. The Morgan fingerprint density at radius 3 is 2.52 bits per heavy atom. The Labute approximate surface area is 129 Å². The average Bonchev–Trinajstić information content (AvgIpc) is 2.55. The minimum Gasteiger partial charge on any atom is -0.355 e. The summed E-state index contributed by atoms with van der Waals surface area (Å²) in [7, 11) is 0. The van der Waals surface area contributed by atoms with Crippen LogP contribution in [0.25, 0.3) is 10.8 Å². The Kier molecular flexibility index (Phi) is 4.44. The summed E-state index contributed by atoms with van der Waals surface area (Å²) in [6.45, 7) is 2.61. The van der Waals surface area contributed by atoms with Crippen molar-refractivity contribution in [1.29, 1.82) is 0 Å². The molecule has 0 N–H and O–H groups in total. The molecule has 2 heterocycles. The third kappa shape index (κ3) is 2.91. The molecule has 0 atom stereocenters. The van der Waals surface area contributed by atoms with Crippen molar-refractivity contribution in [3.05, 3.63) is 34.6 Å². The number of benzene rings is 1. The van der Waals surface area contributed by atoms with Gasteiger partial charge >= 0.3 is 0 Å². The lowest BCUT2D eigenvalue weighted by Gasteiger charge is -2.29. The Balaban J connectivity index is 2.12. The molecule has 0 saturated carbocycles. The molecular weight excluding hydrogens is 286 g/mol. The van der Waals surface area contributed by atoms with E-state index < -0.39 is 0 Å². The van der Waals surface area contributed by atoms with Gasteiger partial charge in [0.25, 0.3) is 5.56 Å². The topological polar surface area (TPSA) is 38.1 Å². The molecule has 1 aromatic heterocycles. The Bertz CT molecular complexity index is 677. The SMILES string of the molecule is O=c1c2ccccc2c(N2CCCCC2)nn1CCCCl. The average molecular weight is 306 g/mol. The molecule has 2 aromatic rings. The van der Waals surface area contributed by atoms with Gasteiger partial charge in [0, 0.05) is 30.9 Å². The molecule has 1 fully saturated rings. The molecule has 0 radical (unpaired) electrons. The number of nitrogens with zero attached hydrogens (tertiary/aromatic N) is 3. The number of hydrogen-bond acceptors (Lipinski definition) is 3. The van der Waals surface area contributed by atoms with Gasteiger partial charge < -0.3 is 4.90 Å². The quantitative estimate of drug-likeness (QED) is 0.815. The van der Waals surface area contributed by atoms with Crippen LogP contribution in [0.15, 0.2) is 29.1 Å². The van der Waals surface area contributed by atoms with E-state index in [1.54, 1.807) is 4.68 Å². The zero-order valence-electron chi connectivity index (χ0n) is 12.1. The molecule has 112 valence electrons. The zero-order valence-corrected chi connectivity index (χ0v) is 12.9. The molecule has 0 amide bonds. The van der Waals surface area contributed by atoms with Gasteiger partial charge in [-0.3, -0.25) is 4.79 Å². The highest BCUT2D eigenvalue weighted by Gasteiger charge is 2.17. The normalized spacial score (nSPS) is 15.6. The highest BCUT2D eigenvalue weighted by Crippen LogP contribution is 2.24. The molecule has 5 heteroatoms. The van der Waals surface area contributed by atoms with Crippen molar-refractivity contribution in [3.63, 3.8) is 0 Å². The molecule has 1 saturated heterocycles. The number of aromatic nitrogens is 2. The van der Waals surface area contributed by atoms with Crippen molar-refractivity contribution in [2.75, 3.05) is 23.9 Å². The summed E-state index contributed by atoms with van der Waals surface area (Å²) in [5.41, 5.74) is -0.0172. The van der Waals surface area contributed by atoms with Crippen LogP contribution in [0.5, 0.6) is 0 Å². The standard InChI is InChI=1S/C16H20ClN3O/c17-9-6-12-20-16(21)14-8-3-2-7-13(14)15(18-20)19-10-4-1-5-11-19/h2-3,7-8H,1,4-6,9-12H2. The molecule has 4 nitrogen and oxygen atoms in total. The van der Waals surface area contributed by atoms with Crippen LogP contribution >= 0.6 is 11.6 Å². The number of alkyl halides is 1. The van der Waals surface area contributed by atoms with Crippen molar-refractivity contribution in [2.24, 2.45) is 0 Å². The van der Waals surface area contributed by atoms with Crippen molar-refractivity contribution in [1.82, 2.24) is 9.78 Å². The fraction of sp³-hybridized carbons (Fsp3) is 0.500. The van der Waals surface area contributed by atoms with E-state index in [4.69, 9.17) is 11.6 Å². The van der Waals surface area contributed by atoms with Crippen LogP contribution in [0.2, 0.25) is 0 Å². The molecule has 0 aliphatic carbocycles. The zero-order chi connectivity index (χ0) is 14.7. The van der Waals surface area contributed by atoms with E-state index in [1.807, 2.05) is 24.3 Å². The van der Waals surface area contributed by atoms with Gasteiger partial charge in [-0.25, -0.2) is 4.68 Å². The summed E-state index contributed by atoms with van der Waals surface area (Å²) < 4.78 is 1.58. The van der Waals surface area contributed by atoms with Crippen LogP contribution in [0, 0.1) is 0 Å². The molecule has 21 heavy (non-hydrogen) atoms. The summed E-state index contributed by atoms with van der Waals surface area (Å²) >= 11 is 5.76. The first-order valence-electron chi connectivity index (χ1n) is 7.62. The largest absolute Gasteiger partial charge is 0.355 e. The number of rotatable bonds is 4. The van der Waals surface area contributed by atoms with E-state index in [9.17, 15) is 4.79 Å². The van der Waals surface area contributed by atoms with Crippen molar-refractivity contribution in [2.45, 2.75) is 32.2 Å². The van der Waals surface area contributed by atoms with E-state index in [2.05, 4.69) is 10.00 Å². The summed E-state index contributed by atoms with van der Waals surface area (Å²) in [4.78, 5) is 14.8. The number of halogens is 1. The van der Waals surface area contributed by atoms with Gasteiger partial charge in [-0.2, -0.15) is 5.10 Å². The van der Waals surface area contributed by atoms with Crippen LogP contribution in [0.4, 0.5) is 5.82 Å². The molecule has 3 rings (SSSR count). The lowest BCUT2D eigenvalue weighted by Crippen LogP contribution is -2.33. The molecule has 0 unspecified atom stereocenters. The van der Waals surface area contributed by atoms with Gasteiger partial charge in [0.1, 0.15) is 0 Å². The molecule has 1 aliphatic rings. The summed E-state index contributed by atoms with van der Waals surface area (Å²) in [6, 6.07) is 7.78. The predicted octanol–water partition coefficient (Wildman–Crippen LogP) is 3.02. The third-order valence-electron chi connectivity index (χ3n) is 4.01. The van der Waals surface area contributed by atoms with Crippen LogP contribution in [0.3, 0.4) is 0 Å². The highest BCUT2D eigenvalue weighted by atomic mass is 35.5. The van der Waals surface area contributed by atoms with E-state index in [0.717, 1.165) is 36.1 Å². The maximum absolute atomic E-state index is 12.5. The number of aryl methyl sites for hydroxylation is 1. The first-order chi connectivity index (χ1) is 10.3. The van der Waals surface area contributed by atoms with Crippen molar-refractivity contribution >= 4 is 28.2 Å². The van der Waals surface area contributed by atoms with E-state index in [0.29, 0.717) is 12.4 Å². The lowest BCUT2D eigenvalue weighted by molar-refractivity contribution is 0.543. The minimum atomic E-state index is -0.0172. The third-order valence-corrected chi connectivity index (χ3v) is 4.27. The maximum atomic E-state index is 12.5. The minimum absolute atomic E-state index is 0.0172. The van der Waals surface area contributed by atoms with Crippen LogP contribution in [-0.2, 0) is 6.54 Å². The first kappa shape index (κ1) is 14.4. The Morgan fingerprint density at radius 1 is 1.10 bits per heavy atom. The Morgan fingerprint density at radius 2 is 1.81 bits per heavy atom. The monoisotopic (exact) mass is 305 g/mol. The second kappa shape index (κ2) is 6.48. The van der Waals surface area contributed by atoms with E-state index >= 15 is 0 Å². The van der Waals surface area contributed by atoms with E-state index in [-0.39, 0.29) is 5.56 Å². The highest BCUT2D eigenvalue weighted by molar-refractivity contribution is 6.17. The van der Waals surface area contributed by atoms with Gasteiger partial charge in [0.05, 0.1) is 5.39 Å². The second-order valence-corrected chi connectivity index (χ2v) is 5.87. The number of piperidine rings is 1. The number of anilines is 1. The maximum Gasteiger partial charge on any atom is 0.274 e. The molecule has 0 bridgehead atoms. The van der Waals surface area contributed by atoms with Crippen LogP contribution in [-0.4, -0.2) is 28.8 Å². The van der Waals surface area contributed by atoms with Crippen LogP contribution in [0.1, 0.15) is 25.7 Å². The Hall–Kier alpha value is -1.55. The molecule has 1 aromatic carbocycles. The number of fused-ring (bicyclic) bond motifs is 1. The summed E-state index contributed by atoms with van der Waals surface area (Å²) in [5, 5.41) is 6.35. The van der Waals surface area contributed by atoms with Crippen molar-refractivity contribution < 1.29 is 0 Å². The summed E-state index contributed by atoms with van der Waals surface area (Å²) in [6.07, 6.45) is 4.42. The van der Waals surface area contributed by atoms with Gasteiger partial charge in [-0.15, -0.1) is 11.6 Å². The summed E-state index contributed by atoms with van der Waals surface area (Å²) in [5.74, 6) is 1.49.